The van der Waals surface area contributed by atoms with Gasteiger partial charge in [-0.3, -0.25) is 0 Å². The van der Waals surface area contributed by atoms with E-state index in [-0.39, 0.29) is 6.54 Å². The molecule has 0 unspecified atom stereocenters. The molecule has 1 atom stereocenters. The van der Waals surface area contributed by atoms with Crippen LogP contribution in [0.3, 0.4) is 0 Å². The Morgan fingerprint density at radius 3 is 2.67 bits per heavy atom. The fourth-order valence-electron chi connectivity index (χ4n) is 1.30. The summed E-state index contributed by atoms with van der Waals surface area (Å²) in [6.45, 7) is 2.64. The second kappa shape index (κ2) is 5.58. The molecule has 0 aliphatic heterocycles. The van der Waals surface area contributed by atoms with Crippen molar-refractivity contribution in [1.29, 1.82) is 0 Å². The topological polar surface area (TPSA) is 64.7 Å². The van der Waals surface area contributed by atoms with Crippen LogP contribution in [-0.4, -0.2) is 25.4 Å². The molecule has 1 aromatic carbocycles. The van der Waals surface area contributed by atoms with Gasteiger partial charge in [-0.25, -0.2) is 0 Å². The van der Waals surface area contributed by atoms with Gasteiger partial charge in [-0.2, -0.15) is 0 Å². The Morgan fingerprint density at radius 2 is 2.13 bits per heavy atom. The summed E-state index contributed by atoms with van der Waals surface area (Å²) in [7, 11) is 1.58. The molecule has 0 saturated carbocycles. The van der Waals surface area contributed by atoms with E-state index >= 15 is 0 Å². The SMILES string of the molecule is CCOc1cc([C@@H](O)CN)ccc1OC. The summed E-state index contributed by atoms with van der Waals surface area (Å²) in [6, 6.07) is 5.29. The first-order valence-corrected chi connectivity index (χ1v) is 4.91. The highest BCUT2D eigenvalue weighted by atomic mass is 16.5. The first-order chi connectivity index (χ1) is 7.22. The average molecular weight is 211 g/mol. The van der Waals surface area contributed by atoms with Crippen LogP contribution in [-0.2, 0) is 0 Å². The van der Waals surface area contributed by atoms with E-state index in [1.807, 2.05) is 6.92 Å². The zero-order chi connectivity index (χ0) is 11.3. The van der Waals surface area contributed by atoms with Crippen molar-refractivity contribution in [3.8, 4) is 11.5 Å². The number of rotatable bonds is 5. The number of ether oxygens (including phenoxy) is 2. The van der Waals surface area contributed by atoms with Gasteiger partial charge < -0.3 is 20.3 Å². The van der Waals surface area contributed by atoms with Crippen molar-refractivity contribution in [2.45, 2.75) is 13.0 Å². The van der Waals surface area contributed by atoms with Crippen LogP contribution < -0.4 is 15.2 Å². The predicted octanol–water partition coefficient (Wildman–Crippen LogP) is 1.09. The first-order valence-electron chi connectivity index (χ1n) is 4.91. The van der Waals surface area contributed by atoms with Crippen LogP contribution in [0.1, 0.15) is 18.6 Å². The molecule has 0 aliphatic carbocycles. The molecule has 0 aromatic heterocycles. The molecule has 0 amide bonds. The third-order valence-electron chi connectivity index (χ3n) is 2.10. The normalized spacial score (nSPS) is 12.3. The van der Waals surface area contributed by atoms with Crippen molar-refractivity contribution in [3.05, 3.63) is 23.8 Å². The molecule has 0 radical (unpaired) electrons. The zero-order valence-corrected chi connectivity index (χ0v) is 9.06. The number of aliphatic hydroxyl groups excluding tert-OH is 1. The Labute approximate surface area is 89.6 Å². The van der Waals surface area contributed by atoms with Crippen molar-refractivity contribution in [2.24, 2.45) is 5.73 Å². The summed E-state index contributed by atoms with van der Waals surface area (Å²) in [5, 5.41) is 9.56. The maximum Gasteiger partial charge on any atom is 0.161 e. The lowest BCUT2D eigenvalue weighted by atomic mass is 10.1. The number of hydrogen-bond donors (Lipinski definition) is 2. The van der Waals surface area contributed by atoms with Crippen LogP contribution in [0, 0.1) is 0 Å². The van der Waals surface area contributed by atoms with E-state index in [1.54, 1.807) is 25.3 Å². The molecule has 15 heavy (non-hydrogen) atoms. The minimum atomic E-state index is -0.657. The van der Waals surface area contributed by atoms with Gasteiger partial charge in [0.15, 0.2) is 11.5 Å². The van der Waals surface area contributed by atoms with Gasteiger partial charge in [0.2, 0.25) is 0 Å². The summed E-state index contributed by atoms with van der Waals surface area (Å²) in [4.78, 5) is 0. The summed E-state index contributed by atoms with van der Waals surface area (Å²) in [5.74, 6) is 1.29. The van der Waals surface area contributed by atoms with Crippen LogP contribution in [0.4, 0.5) is 0 Å². The molecule has 0 bridgehead atoms. The number of benzene rings is 1. The lowest BCUT2D eigenvalue weighted by molar-refractivity contribution is 0.186. The number of nitrogens with two attached hydrogens (primary N) is 1. The first kappa shape index (κ1) is 11.8. The minimum absolute atomic E-state index is 0.192. The van der Waals surface area contributed by atoms with Crippen LogP contribution in [0.15, 0.2) is 18.2 Å². The Balaban J connectivity index is 2.98. The molecule has 4 heteroatoms. The van der Waals surface area contributed by atoms with Gasteiger partial charge in [0, 0.05) is 6.54 Å². The Hall–Kier alpha value is -1.26. The van der Waals surface area contributed by atoms with E-state index in [2.05, 4.69) is 0 Å². The second-order valence-electron chi connectivity index (χ2n) is 3.09. The van der Waals surface area contributed by atoms with Crippen LogP contribution in [0.25, 0.3) is 0 Å². The van der Waals surface area contributed by atoms with Crippen molar-refractivity contribution >= 4 is 0 Å². The largest absolute Gasteiger partial charge is 0.493 e. The quantitative estimate of drug-likeness (QED) is 0.765. The number of methoxy groups -OCH3 is 1. The fourth-order valence-corrected chi connectivity index (χ4v) is 1.30. The van der Waals surface area contributed by atoms with E-state index in [9.17, 15) is 5.11 Å². The van der Waals surface area contributed by atoms with Crippen LogP contribution in [0.2, 0.25) is 0 Å². The van der Waals surface area contributed by atoms with Gasteiger partial charge in [-0.05, 0) is 24.6 Å². The van der Waals surface area contributed by atoms with E-state index in [1.165, 1.54) is 0 Å². The minimum Gasteiger partial charge on any atom is -0.493 e. The van der Waals surface area contributed by atoms with Crippen LogP contribution in [0.5, 0.6) is 11.5 Å². The van der Waals surface area contributed by atoms with Crippen LogP contribution >= 0.6 is 0 Å². The molecular formula is C11H17NO3. The Morgan fingerprint density at radius 1 is 1.40 bits per heavy atom. The highest BCUT2D eigenvalue weighted by molar-refractivity contribution is 5.43. The molecule has 4 nitrogen and oxygen atoms in total. The van der Waals surface area contributed by atoms with Gasteiger partial charge in [-0.15, -0.1) is 0 Å². The molecule has 0 aliphatic rings. The molecule has 0 fully saturated rings. The van der Waals surface area contributed by atoms with E-state index < -0.39 is 6.10 Å². The summed E-state index contributed by atoms with van der Waals surface area (Å²) in [5.41, 5.74) is 6.11. The molecule has 0 spiro atoms. The molecular weight excluding hydrogens is 194 g/mol. The lowest BCUT2D eigenvalue weighted by Crippen LogP contribution is -2.11. The van der Waals surface area contributed by atoms with E-state index in [4.69, 9.17) is 15.2 Å². The highest BCUT2D eigenvalue weighted by Crippen LogP contribution is 2.29. The highest BCUT2D eigenvalue weighted by Gasteiger charge is 2.10. The van der Waals surface area contributed by atoms with E-state index in [0.717, 1.165) is 5.56 Å². The molecule has 0 heterocycles. The standard InChI is InChI=1S/C11H17NO3/c1-3-15-11-6-8(9(13)7-12)4-5-10(11)14-2/h4-6,9,13H,3,7,12H2,1-2H3/t9-/m0/s1. The molecule has 1 rings (SSSR count). The zero-order valence-electron chi connectivity index (χ0n) is 9.06. The maximum atomic E-state index is 9.56. The fraction of sp³-hybridized carbons (Fsp3) is 0.455. The Kier molecular flexibility index (Phi) is 4.39. The van der Waals surface area contributed by atoms with Gasteiger partial charge in [0.05, 0.1) is 19.8 Å². The molecule has 3 N–H and O–H groups in total. The van der Waals surface area contributed by atoms with Gasteiger partial charge in [0.1, 0.15) is 0 Å². The van der Waals surface area contributed by atoms with Crippen molar-refractivity contribution in [3.63, 3.8) is 0 Å². The molecule has 1 aromatic rings. The summed E-state index contributed by atoms with van der Waals surface area (Å²) in [6.07, 6.45) is -0.657. The molecule has 0 saturated heterocycles. The Bertz CT molecular complexity index is 315. The lowest BCUT2D eigenvalue weighted by Gasteiger charge is -2.13. The van der Waals surface area contributed by atoms with Crippen molar-refractivity contribution < 1.29 is 14.6 Å². The van der Waals surface area contributed by atoms with Crippen molar-refractivity contribution in [2.75, 3.05) is 20.3 Å². The number of hydrogen-bond acceptors (Lipinski definition) is 4. The number of aliphatic hydroxyl groups is 1. The molecule has 84 valence electrons. The third-order valence-corrected chi connectivity index (χ3v) is 2.10. The average Bonchev–Trinajstić information content (AvgIpc) is 2.28. The monoisotopic (exact) mass is 211 g/mol. The maximum absolute atomic E-state index is 9.56. The van der Waals surface area contributed by atoms with Gasteiger partial charge in [-0.1, -0.05) is 6.07 Å². The summed E-state index contributed by atoms with van der Waals surface area (Å²) >= 11 is 0. The van der Waals surface area contributed by atoms with Gasteiger partial charge in [0.25, 0.3) is 0 Å². The van der Waals surface area contributed by atoms with E-state index in [0.29, 0.717) is 18.1 Å². The predicted molar refractivity (Wildman–Crippen MR) is 58.2 cm³/mol. The summed E-state index contributed by atoms with van der Waals surface area (Å²) < 4.78 is 10.5. The van der Waals surface area contributed by atoms with Crippen molar-refractivity contribution in [1.82, 2.24) is 0 Å². The smallest absolute Gasteiger partial charge is 0.161 e. The third kappa shape index (κ3) is 2.84. The second-order valence-corrected chi connectivity index (χ2v) is 3.09. The van der Waals surface area contributed by atoms with Gasteiger partial charge >= 0.3 is 0 Å².